The van der Waals surface area contributed by atoms with E-state index >= 15 is 0 Å². The van der Waals surface area contributed by atoms with Gasteiger partial charge in [-0.15, -0.1) is 11.3 Å². The molecule has 1 aromatic heterocycles. The molecule has 1 atom stereocenters. The molecule has 0 aliphatic rings. The lowest BCUT2D eigenvalue weighted by atomic mass is 10.2. The van der Waals surface area contributed by atoms with E-state index < -0.39 is 18.0 Å². The highest BCUT2D eigenvalue weighted by atomic mass is 32.1. The van der Waals surface area contributed by atoms with E-state index in [2.05, 4.69) is 5.32 Å². The van der Waals surface area contributed by atoms with Crippen LogP contribution in [0.3, 0.4) is 0 Å². The lowest BCUT2D eigenvalue weighted by Gasteiger charge is -2.15. The molecule has 1 heterocycles. The molecule has 0 aliphatic carbocycles. The molecule has 0 spiro atoms. The number of hydrogen-bond acceptors (Lipinski definition) is 4. The van der Waals surface area contributed by atoms with E-state index in [0.29, 0.717) is 0 Å². The molecule has 2 aromatic rings. The number of carbonyl (C=O) groups is 2. The number of amides is 2. The van der Waals surface area contributed by atoms with Gasteiger partial charge in [0, 0.05) is 4.88 Å². The van der Waals surface area contributed by atoms with Crippen molar-refractivity contribution in [3.8, 4) is 0 Å². The fourth-order valence-corrected chi connectivity index (χ4v) is 2.78. The summed E-state index contributed by atoms with van der Waals surface area (Å²) in [7, 11) is 0. The van der Waals surface area contributed by atoms with Crippen molar-refractivity contribution in [1.82, 2.24) is 5.32 Å². The van der Waals surface area contributed by atoms with Gasteiger partial charge in [0.05, 0.1) is 12.5 Å². The number of urea groups is 1. The molecule has 0 fully saturated rings. The summed E-state index contributed by atoms with van der Waals surface area (Å²) in [5, 5.41) is 4.43. The number of esters is 1. The normalized spacial score (nSPS) is 12.0. The number of benzene rings is 1. The Morgan fingerprint density at radius 2 is 2.00 bits per heavy atom. The maximum atomic E-state index is 11.9. The van der Waals surface area contributed by atoms with Crippen molar-refractivity contribution in [2.75, 3.05) is 6.61 Å². The lowest BCUT2D eigenvalue weighted by Crippen LogP contribution is -2.34. The second-order valence-corrected chi connectivity index (χ2v) is 5.76. The molecule has 0 bridgehead atoms. The Kier molecular flexibility index (Phi) is 6.38. The first-order chi connectivity index (χ1) is 11.1. The molecular weight excluding hydrogens is 312 g/mol. The molecular formula is C17H18N2O3S. The number of carbonyl (C=O) groups excluding carboxylic acids is 2. The second kappa shape index (κ2) is 8.75. The van der Waals surface area contributed by atoms with Crippen molar-refractivity contribution in [2.24, 2.45) is 5.73 Å². The minimum absolute atomic E-state index is 0.0443. The maximum Gasteiger partial charge on any atom is 0.312 e. The summed E-state index contributed by atoms with van der Waals surface area (Å²) in [5.41, 5.74) is 6.19. The first-order valence-corrected chi connectivity index (χ1v) is 7.99. The summed E-state index contributed by atoms with van der Waals surface area (Å²) in [6, 6.07) is 12.3. The van der Waals surface area contributed by atoms with Crippen LogP contribution in [-0.2, 0) is 9.53 Å². The number of nitrogens with one attached hydrogen (secondary N) is 1. The summed E-state index contributed by atoms with van der Waals surface area (Å²) >= 11 is 1.45. The van der Waals surface area contributed by atoms with Gasteiger partial charge in [0.25, 0.3) is 0 Å². The Bertz CT molecular complexity index is 654. The van der Waals surface area contributed by atoms with Crippen LogP contribution in [-0.4, -0.2) is 18.6 Å². The Labute approximate surface area is 138 Å². The molecule has 120 valence electrons. The highest BCUT2D eigenvalue weighted by Gasteiger charge is 2.18. The van der Waals surface area contributed by atoms with E-state index in [1.54, 1.807) is 6.08 Å². The smallest absolute Gasteiger partial charge is 0.312 e. The average molecular weight is 330 g/mol. The van der Waals surface area contributed by atoms with Crippen LogP contribution in [0.25, 0.3) is 6.08 Å². The zero-order chi connectivity index (χ0) is 16.5. The third-order valence-corrected chi connectivity index (χ3v) is 4.01. The molecule has 6 heteroatoms. The van der Waals surface area contributed by atoms with E-state index in [1.165, 1.54) is 11.3 Å². The zero-order valence-electron chi connectivity index (χ0n) is 12.5. The molecule has 1 aromatic carbocycles. The van der Waals surface area contributed by atoms with Crippen molar-refractivity contribution >= 4 is 29.4 Å². The van der Waals surface area contributed by atoms with Crippen LogP contribution in [0.1, 0.15) is 22.9 Å². The molecule has 0 aliphatic heterocycles. The van der Waals surface area contributed by atoms with Crippen LogP contribution in [0.2, 0.25) is 0 Å². The van der Waals surface area contributed by atoms with Crippen LogP contribution in [0.15, 0.2) is 53.9 Å². The minimum Gasteiger partial charge on any atom is -0.461 e. The molecule has 0 saturated heterocycles. The van der Waals surface area contributed by atoms with Crippen molar-refractivity contribution in [3.05, 3.63) is 64.4 Å². The molecule has 0 saturated carbocycles. The number of primary amides is 1. The molecule has 5 nitrogen and oxygen atoms in total. The van der Waals surface area contributed by atoms with Gasteiger partial charge in [0.2, 0.25) is 0 Å². The van der Waals surface area contributed by atoms with Crippen molar-refractivity contribution in [1.29, 1.82) is 0 Å². The van der Waals surface area contributed by atoms with Gasteiger partial charge < -0.3 is 15.8 Å². The van der Waals surface area contributed by atoms with Crippen molar-refractivity contribution in [3.63, 3.8) is 0 Å². The topological polar surface area (TPSA) is 81.4 Å². The van der Waals surface area contributed by atoms with Gasteiger partial charge in [-0.25, -0.2) is 4.79 Å². The summed E-state index contributed by atoms with van der Waals surface area (Å²) in [6.45, 7) is 0.182. The van der Waals surface area contributed by atoms with Gasteiger partial charge in [-0.05, 0) is 23.1 Å². The standard InChI is InChI=1S/C17H18N2O3S/c18-17(21)19-14(15-9-5-11-23-15)12-16(20)22-10-4-8-13-6-2-1-3-7-13/h1-9,11,14H,10,12H2,(H3,18,19,21)/b8-4+. The number of thiophene rings is 1. The van der Waals surface area contributed by atoms with Crippen LogP contribution in [0.5, 0.6) is 0 Å². The number of hydrogen-bond donors (Lipinski definition) is 2. The van der Waals surface area contributed by atoms with Crippen LogP contribution in [0.4, 0.5) is 4.79 Å². The number of rotatable bonds is 7. The summed E-state index contributed by atoms with van der Waals surface area (Å²) < 4.78 is 5.16. The van der Waals surface area contributed by atoms with Crippen LogP contribution >= 0.6 is 11.3 Å². The summed E-state index contributed by atoms with van der Waals surface area (Å²) in [6.07, 6.45) is 3.70. The Morgan fingerprint density at radius 1 is 1.22 bits per heavy atom. The monoisotopic (exact) mass is 330 g/mol. The van der Waals surface area contributed by atoms with Gasteiger partial charge in [-0.1, -0.05) is 42.5 Å². The van der Waals surface area contributed by atoms with Gasteiger partial charge in [0.1, 0.15) is 6.61 Å². The molecule has 2 amide bonds. The highest BCUT2D eigenvalue weighted by Crippen LogP contribution is 2.22. The summed E-state index contributed by atoms with van der Waals surface area (Å²) in [5.74, 6) is -0.394. The Hall–Kier alpha value is -2.60. The predicted octanol–water partition coefficient (Wildman–Crippen LogP) is 3.10. The first-order valence-electron chi connectivity index (χ1n) is 7.11. The van der Waals surface area contributed by atoms with Crippen LogP contribution < -0.4 is 11.1 Å². The largest absolute Gasteiger partial charge is 0.461 e. The van der Waals surface area contributed by atoms with E-state index in [0.717, 1.165) is 10.4 Å². The summed E-state index contributed by atoms with van der Waals surface area (Å²) in [4.78, 5) is 23.8. The van der Waals surface area contributed by atoms with E-state index in [9.17, 15) is 9.59 Å². The Morgan fingerprint density at radius 3 is 2.65 bits per heavy atom. The third kappa shape index (κ3) is 5.96. The van der Waals surface area contributed by atoms with Gasteiger partial charge in [0.15, 0.2) is 0 Å². The van der Waals surface area contributed by atoms with Crippen molar-refractivity contribution < 1.29 is 14.3 Å². The first kappa shape index (κ1) is 16.8. The SMILES string of the molecule is NC(=O)NC(CC(=O)OC/C=C/c1ccccc1)c1cccs1. The van der Waals surface area contributed by atoms with Crippen LogP contribution in [0, 0.1) is 0 Å². The molecule has 1 unspecified atom stereocenters. The third-order valence-electron chi connectivity index (χ3n) is 3.02. The molecule has 0 radical (unpaired) electrons. The Balaban J connectivity index is 1.82. The second-order valence-electron chi connectivity index (χ2n) is 4.78. The zero-order valence-corrected chi connectivity index (χ0v) is 13.3. The lowest BCUT2D eigenvalue weighted by molar-refractivity contribution is -0.142. The molecule has 3 N–H and O–H groups in total. The fraction of sp³-hybridized carbons (Fsp3) is 0.176. The predicted molar refractivity (Wildman–Crippen MR) is 90.8 cm³/mol. The number of ether oxygens (including phenoxy) is 1. The van der Waals surface area contributed by atoms with E-state index in [1.807, 2.05) is 53.9 Å². The number of nitrogens with two attached hydrogens (primary N) is 1. The highest BCUT2D eigenvalue weighted by molar-refractivity contribution is 7.10. The van der Waals surface area contributed by atoms with E-state index in [-0.39, 0.29) is 13.0 Å². The quantitative estimate of drug-likeness (QED) is 0.765. The van der Waals surface area contributed by atoms with Gasteiger partial charge in [-0.3, -0.25) is 4.79 Å². The maximum absolute atomic E-state index is 11.9. The minimum atomic E-state index is -0.667. The average Bonchev–Trinajstić information content (AvgIpc) is 3.06. The van der Waals surface area contributed by atoms with E-state index in [4.69, 9.17) is 10.5 Å². The van der Waals surface area contributed by atoms with Gasteiger partial charge >= 0.3 is 12.0 Å². The molecule has 2 rings (SSSR count). The fourth-order valence-electron chi connectivity index (χ4n) is 2.00. The van der Waals surface area contributed by atoms with Crippen molar-refractivity contribution in [2.45, 2.75) is 12.5 Å². The van der Waals surface area contributed by atoms with Gasteiger partial charge in [-0.2, -0.15) is 0 Å². The molecule has 23 heavy (non-hydrogen) atoms.